The zero-order chi connectivity index (χ0) is 17.9. The number of aliphatic hydroxyl groups is 1. The van der Waals surface area contributed by atoms with Gasteiger partial charge in [0.1, 0.15) is 23.3 Å². The molecular formula is C16H14F2N2O4. The normalized spacial score (nSPS) is 11.8. The Kier molecular flexibility index (Phi) is 5.20. The molecule has 2 rings (SSSR count). The number of carbonyl (C=O) groups excluding carboxylic acids is 1. The van der Waals surface area contributed by atoms with Crippen LogP contribution in [-0.2, 0) is 0 Å². The Labute approximate surface area is 135 Å². The molecule has 0 saturated heterocycles. The largest absolute Gasteiger partial charge is 0.386 e. The summed E-state index contributed by atoms with van der Waals surface area (Å²) in [7, 11) is 0. The lowest BCUT2D eigenvalue weighted by atomic mass is 10.1. The van der Waals surface area contributed by atoms with Crippen molar-refractivity contribution in [2.75, 3.05) is 6.54 Å². The van der Waals surface area contributed by atoms with Gasteiger partial charge in [0.15, 0.2) is 0 Å². The SMILES string of the molecule is Cc1cccc(C(=O)NCC(O)c2c(F)cccc2F)c1[N+](=O)[O-]. The van der Waals surface area contributed by atoms with Crippen LogP contribution in [0.15, 0.2) is 36.4 Å². The number of nitro benzene ring substituents is 1. The summed E-state index contributed by atoms with van der Waals surface area (Å²) in [5.74, 6) is -2.71. The van der Waals surface area contributed by atoms with Crippen LogP contribution in [0.1, 0.15) is 27.6 Å². The third-order valence-corrected chi connectivity index (χ3v) is 3.45. The lowest BCUT2D eigenvalue weighted by molar-refractivity contribution is -0.385. The third kappa shape index (κ3) is 3.54. The molecule has 0 bridgehead atoms. The fourth-order valence-electron chi connectivity index (χ4n) is 2.30. The maximum atomic E-state index is 13.6. The Bertz CT molecular complexity index is 775. The average molecular weight is 336 g/mol. The molecule has 0 heterocycles. The van der Waals surface area contributed by atoms with Gasteiger partial charge in [-0.25, -0.2) is 8.78 Å². The number of hydrogen-bond donors (Lipinski definition) is 2. The van der Waals surface area contributed by atoms with Crippen molar-refractivity contribution < 1.29 is 23.6 Å². The van der Waals surface area contributed by atoms with Crippen molar-refractivity contribution in [1.29, 1.82) is 0 Å². The van der Waals surface area contributed by atoms with Crippen LogP contribution in [-0.4, -0.2) is 22.5 Å². The zero-order valence-corrected chi connectivity index (χ0v) is 12.6. The molecule has 0 saturated carbocycles. The lowest BCUT2D eigenvalue weighted by Crippen LogP contribution is -2.29. The Balaban J connectivity index is 2.17. The van der Waals surface area contributed by atoms with Gasteiger partial charge in [-0.05, 0) is 25.1 Å². The molecule has 2 aromatic carbocycles. The summed E-state index contributed by atoms with van der Waals surface area (Å²) in [6.07, 6.45) is -1.63. The molecule has 0 radical (unpaired) electrons. The number of aryl methyl sites for hydroxylation is 1. The number of nitrogens with one attached hydrogen (secondary N) is 1. The molecule has 2 aromatic rings. The minimum atomic E-state index is -1.63. The number of nitrogens with zero attached hydrogens (tertiary/aromatic N) is 1. The average Bonchev–Trinajstić information content (AvgIpc) is 2.51. The van der Waals surface area contributed by atoms with E-state index in [4.69, 9.17) is 0 Å². The van der Waals surface area contributed by atoms with Gasteiger partial charge >= 0.3 is 0 Å². The predicted molar refractivity (Wildman–Crippen MR) is 81.5 cm³/mol. The van der Waals surface area contributed by atoms with Gasteiger partial charge in [-0.2, -0.15) is 0 Å². The van der Waals surface area contributed by atoms with E-state index in [1.54, 1.807) is 0 Å². The minimum absolute atomic E-state index is 0.193. The van der Waals surface area contributed by atoms with E-state index in [1.807, 2.05) is 0 Å². The van der Waals surface area contributed by atoms with E-state index < -0.39 is 40.7 Å². The number of benzene rings is 2. The Hall–Kier alpha value is -2.87. The van der Waals surface area contributed by atoms with Crippen molar-refractivity contribution in [3.05, 3.63) is 74.8 Å². The van der Waals surface area contributed by atoms with Crippen molar-refractivity contribution in [1.82, 2.24) is 5.32 Å². The molecule has 126 valence electrons. The number of halogens is 2. The van der Waals surface area contributed by atoms with Crippen molar-refractivity contribution in [2.24, 2.45) is 0 Å². The smallest absolute Gasteiger partial charge is 0.285 e. The lowest BCUT2D eigenvalue weighted by Gasteiger charge is -2.14. The van der Waals surface area contributed by atoms with Gasteiger partial charge in [-0.15, -0.1) is 0 Å². The van der Waals surface area contributed by atoms with Crippen molar-refractivity contribution in [2.45, 2.75) is 13.0 Å². The molecule has 0 fully saturated rings. The van der Waals surface area contributed by atoms with Crippen molar-refractivity contribution in [3.8, 4) is 0 Å². The van der Waals surface area contributed by atoms with Gasteiger partial charge in [0.05, 0.1) is 10.5 Å². The standard InChI is InChI=1S/C16H14F2N2O4/c1-9-4-2-5-10(15(9)20(23)24)16(22)19-8-13(21)14-11(17)6-3-7-12(14)18/h2-7,13,21H,8H2,1H3,(H,19,22). The van der Waals surface area contributed by atoms with Crippen LogP contribution in [0.5, 0.6) is 0 Å². The van der Waals surface area contributed by atoms with E-state index in [1.165, 1.54) is 25.1 Å². The topological polar surface area (TPSA) is 92.5 Å². The summed E-state index contributed by atoms with van der Waals surface area (Å²) in [5, 5.41) is 23.2. The van der Waals surface area contributed by atoms with Gasteiger partial charge in [0, 0.05) is 12.1 Å². The van der Waals surface area contributed by atoms with Gasteiger partial charge < -0.3 is 10.4 Å². The number of carbonyl (C=O) groups is 1. The van der Waals surface area contributed by atoms with E-state index in [0.29, 0.717) is 5.56 Å². The first-order valence-corrected chi connectivity index (χ1v) is 6.97. The van der Waals surface area contributed by atoms with E-state index in [-0.39, 0.29) is 11.3 Å². The van der Waals surface area contributed by atoms with E-state index in [9.17, 15) is 28.8 Å². The predicted octanol–water partition coefficient (Wildman–Crippen LogP) is 2.64. The van der Waals surface area contributed by atoms with Crippen LogP contribution in [0.4, 0.5) is 14.5 Å². The molecule has 24 heavy (non-hydrogen) atoms. The van der Waals surface area contributed by atoms with Crippen LogP contribution >= 0.6 is 0 Å². The maximum absolute atomic E-state index is 13.6. The first kappa shape index (κ1) is 17.5. The van der Waals surface area contributed by atoms with E-state index in [0.717, 1.165) is 18.2 Å². The number of hydrogen-bond acceptors (Lipinski definition) is 4. The quantitative estimate of drug-likeness (QED) is 0.648. The number of aliphatic hydroxyl groups excluding tert-OH is 1. The molecule has 0 aliphatic heterocycles. The van der Waals surface area contributed by atoms with Crippen LogP contribution in [0.3, 0.4) is 0 Å². The number of amides is 1. The Morgan fingerprint density at radius 3 is 2.42 bits per heavy atom. The zero-order valence-electron chi connectivity index (χ0n) is 12.6. The highest BCUT2D eigenvalue weighted by atomic mass is 19.1. The molecule has 0 aliphatic rings. The number of para-hydroxylation sites is 1. The molecule has 1 amide bonds. The number of nitro groups is 1. The van der Waals surface area contributed by atoms with E-state index in [2.05, 4.69) is 5.32 Å². The van der Waals surface area contributed by atoms with Gasteiger partial charge in [0.2, 0.25) is 0 Å². The second-order valence-electron chi connectivity index (χ2n) is 5.09. The number of rotatable bonds is 5. The fourth-order valence-corrected chi connectivity index (χ4v) is 2.30. The van der Waals surface area contributed by atoms with Gasteiger partial charge in [-0.3, -0.25) is 14.9 Å². The second kappa shape index (κ2) is 7.14. The van der Waals surface area contributed by atoms with Crippen molar-refractivity contribution >= 4 is 11.6 Å². The molecular weight excluding hydrogens is 322 g/mol. The minimum Gasteiger partial charge on any atom is -0.386 e. The molecule has 0 aromatic heterocycles. The molecule has 8 heteroatoms. The highest BCUT2D eigenvalue weighted by Crippen LogP contribution is 2.24. The molecule has 1 atom stereocenters. The summed E-state index contributed by atoms with van der Waals surface area (Å²) in [5.41, 5.74) is -0.826. The maximum Gasteiger partial charge on any atom is 0.285 e. The molecule has 1 unspecified atom stereocenters. The summed E-state index contributed by atoms with van der Waals surface area (Å²) >= 11 is 0. The van der Waals surface area contributed by atoms with Gasteiger partial charge in [0.25, 0.3) is 11.6 Å². The molecule has 6 nitrogen and oxygen atoms in total. The Morgan fingerprint density at radius 1 is 1.25 bits per heavy atom. The summed E-state index contributed by atoms with van der Waals surface area (Å²) < 4.78 is 27.1. The summed E-state index contributed by atoms with van der Waals surface area (Å²) in [6.45, 7) is 0.986. The van der Waals surface area contributed by atoms with E-state index >= 15 is 0 Å². The third-order valence-electron chi connectivity index (χ3n) is 3.45. The first-order valence-electron chi connectivity index (χ1n) is 6.97. The van der Waals surface area contributed by atoms with Gasteiger partial charge in [-0.1, -0.05) is 18.2 Å². The molecule has 0 aliphatic carbocycles. The summed E-state index contributed by atoms with van der Waals surface area (Å²) in [6, 6.07) is 7.33. The monoisotopic (exact) mass is 336 g/mol. The highest BCUT2D eigenvalue weighted by Gasteiger charge is 2.24. The highest BCUT2D eigenvalue weighted by molar-refractivity contribution is 5.98. The van der Waals surface area contributed by atoms with Crippen LogP contribution in [0.2, 0.25) is 0 Å². The fraction of sp³-hybridized carbons (Fsp3) is 0.188. The Morgan fingerprint density at radius 2 is 1.83 bits per heavy atom. The van der Waals surface area contributed by atoms with Crippen molar-refractivity contribution in [3.63, 3.8) is 0 Å². The van der Waals surface area contributed by atoms with Crippen LogP contribution in [0.25, 0.3) is 0 Å². The summed E-state index contributed by atoms with van der Waals surface area (Å²) in [4.78, 5) is 22.5. The van der Waals surface area contributed by atoms with Crippen LogP contribution < -0.4 is 5.32 Å². The first-order chi connectivity index (χ1) is 11.3. The van der Waals surface area contributed by atoms with Crippen LogP contribution in [0, 0.1) is 28.7 Å². The molecule has 0 spiro atoms. The molecule has 2 N–H and O–H groups in total. The second-order valence-corrected chi connectivity index (χ2v) is 5.09.